The van der Waals surface area contributed by atoms with E-state index in [2.05, 4.69) is 9.02 Å². The van der Waals surface area contributed by atoms with Crippen LogP contribution in [0.25, 0.3) is 0 Å². The van der Waals surface area contributed by atoms with Crippen molar-refractivity contribution in [3.63, 3.8) is 0 Å². The molecule has 3 N–H and O–H groups in total. The smallest absolute Gasteiger partial charge is 0.195 e. The molecule has 1 heterocycles. The number of nitrogens with two attached hydrogens (primary N) is 1. The van der Waals surface area contributed by atoms with E-state index in [1.54, 1.807) is 0 Å². The van der Waals surface area contributed by atoms with Crippen molar-refractivity contribution >= 4 is 35.0 Å². The number of aromatic amines is 1. The molecule has 0 saturated heterocycles. The number of rotatable bonds is 2. The first kappa shape index (κ1) is 11.1. The quantitative estimate of drug-likeness (QED) is 0.885. The summed E-state index contributed by atoms with van der Waals surface area (Å²) in [6, 6.07) is 9.37. The molecule has 0 radical (unpaired) electrons. The van der Waals surface area contributed by atoms with E-state index in [1.165, 1.54) is 4.26 Å². The van der Waals surface area contributed by atoms with Crippen molar-refractivity contribution in [2.75, 3.05) is 5.50 Å². The molecule has 80 valence electrons. The van der Waals surface area contributed by atoms with Gasteiger partial charge in [0.1, 0.15) is 16.5 Å². The summed E-state index contributed by atoms with van der Waals surface area (Å²) in [6.07, 6.45) is 0. The minimum absolute atomic E-state index is 0.708. The Morgan fingerprint density at radius 1 is 1.47 bits per heavy atom. The van der Waals surface area contributed by atoms with Crippen molar-refractivity contribution < 1.29 is 4.84 Å². The maximum atomic E-state index is 6.02. The maximum absolute atomic E-state index is 6.02. The topological polar surface area (TPSA) is 68.9 Å². The summed E-state index contributed by atoms with van der Waals surface area (Å²) in [5, 5.41) is 0. The van der Waals surface area contributed by atoms with Gasteiger partial charge in [0.2, 0.25) is 0 Å². The molecule has 2 aromatic rings. The number of aromatic nitrogens is 3. The number of halogens is 1. The third-order valence-electron chi connectivity index (χ3n) is 1.52. The number of hydrogen-bond donors (Lipinski definition) is 2. The first-order valence-electron chi connectivity index (χ1n) is 3.97. The van der Waals surface area contributed by atoms with E-state index in [1.807, 2.05) is 30.3 Å². The van der Waals surface area contributed by atoms with Gasteiger partial charge in [-0.1, -0.05) is 22.5 Å². The summed E-state index contributed by atoms with van der Waals surface area (Å²) in [6.45, 7) is 0. The maximum Gasteiger partial charge on any atom is 0.195 e. The van der Waals surface area contributed by atoms with Gasteiger partial charge in [-0.2, -0.15) is 4.51 Å². The SMILES string of the molecule is Np1[nH]pnp(Cl)n1Oc1ccccc1. The Morgan fingerprint density at radius 3 is 2.87 bits per heavy atom. The van der Waals surface area contributed by atoms with Crippen LogP contribution in [0.1, 0.15) is 0 Å². The Kier molecular flexibility index (Phi) is 3.74. The molecule has 5 nitrogen and oxygen atoms in total. The van der Waals surface area contributed by atoms with E-state index in [0.717, 1.165) is 8.51 Å². The molecule has 2 unspecified atom stereocenters. The number of para-hydroxylation sites is 1. The van der Waals surface area contributed by atoms with Gasteiger partial charge in [0.05, 0.1) is 0 Å². The Bertz CT molecular complexity index is 451. The van der Waals surface area contributed by atoms with Crippen molar-refractivity contribution in [1.82, 2.24) is 13.3 Å². The molecule has 15 heavy (non-hydrogen) atoms. The molecule has 1 aromatic carbocycles. The minimum Gasteiger partial charge on any atom is -0.364 e. The second-order valence-corrected chi connectivity index (χ2v) is 7.37. The molecule has 0 aliphatic carbocycles. The van der Waals surface area contributed by atoms with Gasteiger partial charge < -0.3 is 4.84 Å². The normalized spacial score (nSPS) is 12.9. The number of nitrogen functional groups attached to an aromatic ring is 1. The number of hydrogen-bond acceptors (Lipinski definition) is 3. The molecule has 0 amide bonds. The summed E-state index contributed by atoms with van der Waals surface area (Å²) in [5.74, 6) is 0.708. The van der Waals surface area contributed by atoms with Crippen LogP contribution in [0.15, 0.2) is 30.3 Å². The van der Waals surface area contributed by atoms with E-state index in [9.17, 15) is 0 Å². The van der Waals surface area contributed by atoms with Gasteiger partial charge in [-0.25, -0.2) is 0 Å². The summed E-state index contributed by atoms with van der Waals surface area (Å²) >= 11 is 6.02. The molecular weight excluding hydrogens is 272 g/mol. The predicted octanol–water partition coefficient (Wildman–Crippen LogP) is 3.45. The van der Waals surface area contributed by atoms with E-state index in [0.29, 0.717) is 5.75 Å². The van der Waals surface area contributed by atoms with Crippen molar-refractivity contribution in [3.05, 3.63) is 30.3 Å². The molecule has 0 saturated carbocycles. The molecule has 0 spiro atoms. The number of nitrogens with zero attached hydrogens (tertiary/aromatic N) is 2. The lowest BCUT2D eigenvalue weighted by molar-refractivity contribution is 0.274. The van der Waals surface area contributed by atoms with Crippen LogP contribution in [0.2, 0.25) is 0 Å². The van der Waals surface area contributed by atoms with Crippen molar-refractivity contribution in [2.24, 2.45) is 0 Å². The zero-order chi connectivity index (χ0) is 10.7. The third-order valence-corrected chi connectivity index (χ3v) is 6.88. The zero-order valence-corrected chi connectivity index (χ0v) is 10.9. The predicted molar refractivity (Wildman–Crippen MR) is 66.0 cm³/mol. The van der Waals surface area contributed by atoms with Gasteiger partial charge >= 0.3 is 0 Å². The molecule has 9 heteroatoms. The van der Waals surface area contributed by atoms with Gasteiger partial charge in [0.15, 0.2) is 13.0 Å². The fraction of sp³-hybridized carbons (Fsp3) is 0. The molecular formula is C6H8ClN4OP3. The minimum atomic E-state index is -1.18. The highest BCUT2D eigenvalue weighted by Gasteiger charge is 2.03. The lowest BCUT2D eigenvalue weighted by Gasteiger charge is -2.11. The van der Waals surface area contributed by atoms with Crippen LogP contribution >= 0.6 is 35.0 Å². The molecule has 0 bridgehead atoms. The summed E-state index contributed by atoms with van der Waals surface area (Å²) in [5.41, 5.74) is 5.84. The molecule has 1 aromatic heterocycles. The molecule has 2 rings (SSSR count). The van der Waals surface area contributed by atoms with Crippen LogP contribution < -0.4 is 10.3 Å². The van der Waals surface area contributed by atoms with Gasteiger partial charge in [-0.15, -0.1) is 0 Å². The molecule has 2 atom stereocenters. The van der Waals surface area contributed by atoms with Crippen LogP contribution in [0, 0.1) is 0 Å². The fourth-order valence-electron chi connectivity index (χ4n) is 0.908. The van der Waals surface area contributed by atoms with Crippen LogP contribution in [0.5, 0.6) is 5.75 Å². The highest BCUT2D eigenvalue weighted by atomic mass is 35.7. The van der Waals surface area contributed by atoms with Gasteiger partial charge in [0, 0.05) is 0 Å². The highest BCUT2D eigenvalue weighted by molar-refractivity contribution is 7.77. The molecule has 0 fully saturated rings. The summed E-state index contributed by atoms with van der Waals surface area (Å²) < 4.78 is 8.58. The summed E-state index contributed by atoms with van der Waals surface area (Å²) in [7, 11) is -1.53. The monoisotopic (exact) mass is 280 g/mol. The molecule has 0 aliphatic heterocycles. The summed E-state index contributed by atoms with van der Waals surface area (Å²) in [4.78, 5) is 5.55. The van der Waals surface area contributed by atoms with Crippen LogP contribution in [0.3, 0.4) is 0 Å². The molecule has 0 aliphatic rings. The Balaban J connectivity index is 2.32. The largest absolute Gasteiger partial charge is 0.364 e. The van der Waals surface area contributed by atoms with Crippen LogP contribution in [-0.4, -0.2) is 13.3 Å². The van der Waals surface area contributed by atoms with Crippen LogP contribution in [-0.2, 0) is 0 Å². The number of benzene rings is 1. The first-order valence-corrected chi connectivity index (χ1v) is 8.33. The van der Waals surface area contributed by atoms with E-state index in [4.69, 9.17) is 21.6 Å². The Morgan fingerprint density at radius 2 is 2.20 bits per heavy atom. The highest BCUT2D eigenvalue weighted by Crippen LogP contribution is 2.35. The van der Waals surface area contributed by atoms with E-state index < -0.39 is 15.2 Å². The van der Waals surface area contributed by atoms with Gasteiger partial charge in [-0.3, -0.25) is 10.0 Å². The zero-order valence-electron chi connectivity index (χ0n) is 7.49. The van der Waals surface area contributed by atoms with Gasteiger partial charge in [-0.05, 0) is 23.4 Å². The van der Waals surface area contributed by atoms with Crippen molar-refractivity contribution in [3.8, 4) is 5.75 Å². The Hall–Kier alpha value is -0.430. The lowest BCUT2D eigenvalue weighted by atomic mass is 10.3. The standard InChI is InChI=1S/C6H8ClN4OP3/c7-14-9-13-10-15(8)11(14)12-6-4-2-1-3-5-6/h1-5H,8H2,(H,9,10). The van der Waals surface area contributed by atoms with Crippen LogP contribution in [0.4, 0.5) is 0 Å². The average molecular weight is 281 g/mol. The van der Waals surface area contributed by atoms with Crippen molar-refractivity contribution in [2.45, 2.75) is 0 Å². The van der Waals surface area contributed by atoms with Crippen molar-refractivity contribution in [1.29, 1.82) is 0 Å². The van der Waals surface area contributed by atoms with Gasteiger partial charge in [0.25, 0.3) is 0 Å². The number of nitrogens with one attached hydrogen (secondary N) is 1. The lowest BCUT2D eigenvalue weighted by Crippen LogP contribution is -2.05. The number of H-pyrrole nitrogens is 1. The second-order valence-electron chi connectivity index (χ2n) is 2.53. The Labute approximate surface area is 94.9 Å². The second kappa shape index (κ2) is 5.07. The first-order chi connectivity index (χ1) is 7.27. The van der Waals surface area contributed by atoms with E-state index in [-0.39, 0.29) is 0 Å². The average Bonchev–Trinajstić information content (AvgIpc) is 2.25. The third kappa shape index (κ3) is 2.78. The van der Waals surface area contributed by atoms with E-state index >= 15 is 0 Å². The fourth-order valence-corrected chi connectivity index (χ4v) is 5.38.